The molecule has 2 heterocycles. The zero-order chi connectivity index (χ0) is 19.3. The van der Waals surface area contributed by atoms with Crippen molar-refractivity contribution in [2.75, 3.05) is 13.7 Å². The molecule has 6 heteroatoms. The molecule has 0 radical (unpaired) electrons. The van der Waals surface area contributed by atoms with E-state index < -0.39 is 0 Å². The highest BCUT2D eigenvalue weighted by Crippen LogP contribution is 2.33. The van der Waals surface area contributed by atoms with Gasteiger partial charge >= 0.3 is 0 Å². The molecule has 1 saturated heterocycles. The van der Waals surface area contributed by atoms with Gasteiger partial charge in [-0.15, -0.1) is 10.2 Å². The van der Waals surface area contributed by atoms with Crippen molar-refractivity contribution in [3.05, 3.63) is 66.1 Å². The Kier molecular flexibility index (Phi) is 5.37. The van der Waals surface area contributed by atoms with Crippen molar-refractivity contribution in [1.82, 2.24) is 15.1 Å². The minimum absolute atomic E-state index is 0.132. The summed E-state index contributed by atoms with van der Waals surface area (Å²) in [5.74, 6) is 1.81. The third-order valence-electron chi connectivity index (χ3n) is 5.09. The van der Waals surface area contributed by atoms with Crippen molar-refractivity contribution in [3.63, 3.8) is 0 Å². The first-order chi connectivity index (χ1) is 13.7. The van der Waals surface area contributed by atoms with Crippen LogP contribution in [-0.4, -0.2) is 34.7 Å². The molecule has 144 valence electrons. The maximum Gasteiger partial charge on any atom is 0.247 e. The fraction of sp³-hybridized carbons (Fsp3) is 0.318. The van der Waals surface area contributed by atoms with Crippen LogP contribution < -0.4 is 4.74 Å². The number of amides is 1. The van der Waals surface area contributed by atoms with E-state index in [2.05, 4.69) is 10.2 Å². The fourth-order valence-corrected chi connectivity index (χ4v) is 3.60. The molecule has 1 aromatic heterocycles. The van der Waals surface area contributed by atoms with Gasteiger partial charge in [0.2, 0.25) is 17.7 Å². The number of hydrogen-bond donors (Lipinski definition) is 0. The lowest BCUT2D eigenvalue weighted by Gasteiger charge is -2.22. The Hall–Kier alpha value is -3.15. The van der Waals surface area contributed by atoms with Gasteiger partial charge in [0.05, 0.1) is 7.11 Å². The van der Waals surface area contributed by atoms with Gasteiger partial charge in [0, 0.05) is 18.5 Å². The van der Waals surface area contributed by atoms with Gasteiger partial charge < -0.3 is 14.1 Å². The van der Waals surface area contributed by atoms with Gasteiger partial charge in [-0.1, -0.05) is 36.4 Å². The van der Waals surface area contributed by atoms with E-state index >= 15 is 0 Å². The lowest BCUT2D eigenvalue weighted by molar-refractivity contribution is -0.132. The molecule has 0 spiro atoms. The lowest BCUT2D eigenvalue weighted by Crippen LogP contribution is -2.30. The molecule has 3 aromatic rings. The van der Waals surface area contributed by atoms with Crippen molar-refractivity contribution in [2.24, 2.45) is 0 Å². The molecule has 4 rings (SSSR count). The third-order valence-corrected chi connectivity index (χ3v) is 5.09. The van der Waals surface area contributed by atoms with E-state index in [1.54, 1.807) is 7.11 Å². The van der Waals surface area contributed by atoms with Crippen LogP contribution in [0, 0.1) is 0 Å². The van der Waals surface area contributed by atoms with Crippen LogP contribution >= 0.6 is 0 Å². The quantitative estimate of drug-likeness (QED) is 0.648. The molecule has 1 atom stereocenters. The first kappa shape index (κ1) is 18.2. The Morgan fingerprint density at radius 1 is 1.18 bits per heavy atom. The fourth-order valence-electron chi connectivity index (χ4n) is 3.60. The second-order valence-corrected chi connectivity index (χ2v) is 6.91. The normalized spacial score (nSPS) is 16.3. The van der Waals surface area contributed by atoms with Crippen molar-refractivity contribution < 1.29 is 13.9 Å². The Labute approximate surface area is 164 Å². The second-order valence-electron chi connectivity index (χ2n) is 6.91. The molecule has 2 aromatic carbocycles. The average molecular weight is 377 g/mol. The summed E-state index contributed by atoms with van der Waals surface area (Å²) in [7, 11) is 1.62. The standard InChI is InChI=1S/C22H23N3O3/c1-27-18-10-5-9-17(15-18)21-23-24-22(28-21)19-11-6-14-25(19)20(26)13-12-16-7-3-2-4-8-16/h2-5,7-10,15,19H,6,11-14H2,1H3. The van der Waals surface area contributed by atoms with E-state index in [-0.39, 0.29) is 11.9 Å². The Balaban J connectivity index is 1.46. The molecule has 1 unspecified atom stereocenters. The monoisotopic (exact) mass is 377 g/mol. The maximum absolute atomic E-state index is 12.8. The Morgan fingerprint density at radius 3 is 2.86 bits per heavy atom. The summed E-state index contributed by atoms with van der Waals surface area (Å²) in [6.07, 6.45) is 3.01. The van der Waals surface area contributed by atoms with Crippen LogP contribution in [0.3, 0.4) is 0 Å². The summed E-state index contributed by atoms with van der Waals surface area (Å²) < 4.78 is 11.2. The second kappa shape index (κ2) is 8.25. The minimum atomic E-state index is -0.143. The molecule has 28 heavy (non-hydrogen) atoms. The Bertz CT molecular complexity index is 939. The number of likely N-dealkylation sites (tertiary alicyclic amines) is 1. The van der Waals surface area contributed by atoms with Crippen LogP contribution in [-0.2, 0) is 11.2 Å². The molecule has 1 aliphatic heterocycles. The lowest BCUT2D eigenvalue weighted by atomic mass is 10.1. The summed E-state index contributed by atoms with van der Waals surface area (Å²) in [5, 5.41) is 8.41. The number of carbonyl (C=O) groups is 1. The Morgan fingerprint density at radius 2 is 2.04 bits per heavy atom. The van der Waals surface area contributed by atoms with E-state index in [0.29, 0.717) is 18.2 Å². The minimum Gasteiger partial charge on any atom is -0.497 e. The van der Waals surface area contributed by atoms with Gasteiger partial charge in [-0.3, -0.25) is 4.79 Å². The number of rotatable bonds is 6. The molecule has 1 amide bonds. The van der Waals surface area contributed by atoms with Gasteiger partial charge in [-0.05, 0) is 43.0 Å². The largest absolute Gasteiger partial charge is 0.497 e. The van der Waals surface area contributed by atoms with Crippen LogP contribution in [0.5, 0.6) is 5.75 Å². The highest BCUT2D eigenvalue weighted by Gasteiger charge is 2.33. The first-order valence-electron chi connectivity index (χ1n) is 9.56. The summed E-state index contributed by atoms with van der Waals surface area (Å²) in [4.78, 5) is 14.7. The zero-order valence-corrected chi connectivity index (χ0v) is 15.9. The molecular formula is C22H23N3O3. The number of ether oxygens (including phenoxy) is 1. The highest BCUT2D eigenvalue weighted by atomic mass is 16.5. The smallest absolute Gasteiger partial charge is 0.247 e. The molecule has 0 N–H and O–H groups in total. The summed E-state index contributed by atoms with van der Waals surface area (Å²) in [6.45, 7) is 0.731. The molecule has 0 saturated carbocycles. The first-order valence-corrected chi connectivity index (χ1v) is 9.56. The van der Waals surface area contributed by atoms with Crippen LogP contribution in [0.15, 0.2) is 59.0 Å². The molecule has 1 aliphatic rings. The molecule has 0 aliphatic carbocycles. The van der Waals surface area contributed by atoms with Crippen molar-refractivity contribution in [3.8, 4) is 17.2 Å². The molecule has 1 fully saturated rings. The topological polar surface area (TPSA) is 68.5 Å². The van der Waals surface area contributed by atoms with E-state index in [0.717, 1.165) is 37.1 Å². The number of hydrogen-bond acceptors (Lipinski definition) is 5. The van der Waals surface area contributed by atoms with Gasteiger partial charge in [0.25, 0.3) is 0 Å². The SMILES string of the molecule is COc1cccc(-c2nnc(C3CCCN3C(=O)CCc3ccccc3)o2)c1. The number of aromatic nitrogens is 2. The van der Waals surface area contributed by atoms with Crippen LogP contribution in [0.4, 0.5) is 0 Å². The van der Waals surface area contributed by atoms with Crippen LogP contribution in [0.1, 0.15) is 36.8 Å². The molecule has 6 nitrogen and oxygen atoms in total. The van der Waals surface area contributed by atoms with Gasteiger partial charge in [-0.25, -0.2) is 0 Å². The number of methoxy groups -OCH3 is 1. The van der Waals surface area contributed by atoms with Crippen LogP contribution in [0.25, 0.3) is 11.5 Å². The van der Waals surface area contributed by atoms with E-state index in [1.165, 1.54) is 5.56 Å². The van der Waals surface area contributed by atoms with Crippen molar-refractivity contribution >= 4 is 5.91 Å². The number of carbonyl (C=O) groups excluding carboxylic acids is 1. The summed E-state index contributed by atoms with van der Waals surface area (Å²) in [5.41, 5.74) is 1.97. The predicted molar refractivity (Wildman–Crippen MR) is 105 cm³/mol. The van der Waals surface area contributed by atoms with Crippen LogP contribution in [0.2, 0.25) is 0 Å². The van der Waals surface area contributed by atoms with Gasteiger partial charge in [0.1, 0.15) is 11.8 Å². The van der Waals surface area contributed by atoms with Gasteiger partial charge in [-0.2, -0.15) is 0 Å². The number of nitrogens with zero attached hydrogens (tertiary/aromatic N) is 3. The summed E-state index contributed by atoms with van der Waals surface area (Å²) >= 11 is 0. The van der Waals surface area contributed by atoms with Crippen molar-refractivity contribution in [1.29, 1.82) is 0 Å². The average Bonchev–Trinajstić information content (AvgIpc) is 3.42. The van der Waals surface area contributed by atoms with E-state index in [4.69, 9.17) is 9.15 Å². The molecular weight excluding hydrogens is 354 g/mol. The maximum atomic E-state index is 12.8. The summed E-state index contributed by atoms with van der Waals surface area (Å²) in [6, 6.07) is 17.4. The number of benzene rings is 2. The predicted octanol–water partition coefficient (Wildman–Crippen LogP) is 4.04. The van der Waals surface area contributed by atoms with E-state index in [1.807, 2.05) is 59.5 Å². The number of aryl methyl sites for hydroxylation is 1. The van der Waals surface area contributed by atoms with E-state index in [9.17, 15) is 4.79 Å². The molecule has 0 bridgehead atoms. The zero-order valence-electron chi connectivity index (χ0n) is 15.9. The third kappa shape index (κ3) is 3.91. The van der Waals surface area contributed by atoms with Crippen molar-refractivity contribution in [2.45, 2.75) is 31.7 Å². The van der Waals surface area contributed by atoms with Gasteiger partial charge in [0.15, 0.2) is 0 Å². The highest BCUT2D eigenvalue weighted by molar-refractivity contribution is 5.77.